The van der Waals surface area contributed by atoms with Crippen LogP contribution < -0.4 is 5.32 Å². The average molecular weight is 238 g/mol. The van der Waals surface area contributed by atoms with Crippen LogP contribution in [0.15, 0.2) is 0 Å². The van der Waals surface area contributed by atoms with Gasteiger partial charge in [0.2, 0.25) is 0 Å². The summed E-state index contributed by atoms with van der Waals surface area (Å²) in [4.78, 5) is 10.4. The second-order valence-electron chi connectivity index (χ2n) is 3.85. The number of nitrogens with one attached hydrogen (secondary N) is 1. The van der Waals surface area contributed by atoms with Crippen LogP contribution in [0.25, 0.3) is 0 Å². The number of alkyl halides is 1. The van der Waals surface area contributed by atoms with E-state index in [9.17, 15) is 4.79 Å². The van der Waals surface area contributed by atoms with E-state index in [0.29, 0.717) is 11.4 Å². The first-order chi connectivity index (χ1) is 5.34. The van der Waals surface area contributed by atoms with Crippen LogP contribution in [-0.4, -0.2) is 22.6 Å². The topological polar surface area (TPSA) is 49.3 Å². The van der Waals surface area contributed by atoms with E-state index in [-0.39, 0.29) is 5.41 Å². The van der Waals surface area contributed by atoms with Gasteiger partial charge in [0, 0.05) is 11.4 Å². The third-order valence-corrected chi connectivity index (χ3v) is 3.45. The molecule has 0 aromatic rings. The van der Waals surface area contributed by atoms with Crippen molar-refractivity contribution >= 4 is 22.0 Å². The van der Waals surface area contributed by atoms with E-state index in [1.165, 1.54) is 0 Å². The van der Waals surface area contributed by atoms with Crippen LogP contribution in [-0.2, 0) is 0 Å². The summed E-state index contributed by atoms with van der Waals surface area (Å²) in [6, 6.07) is 0. The molecule has 72 valence electrons. The van der Waals surface area contributed by atoms with Crippen molar-refractivity contribution in [1.82, 2.24) is 5.32 Å². The van der Waals surface area contributed by atoms with Crippen molar-refractivity contribution in [2.75, 3.05) is 6.54 Å². The first-order valence-electron chi connectivity index (χ1n) is 3.95. The van der Waals surface area contributed by atoms with Crippen molar-refractivity contribution in [1.29, 1.82) is 0 Å². The predicted molar refractivity (Wildman–Crippen MR) is 52.8 cm³/mol. The molecule has 0 aromatic heterocycles. The summed E-state index contributed by atoms with van der Waals surface area (Å²) >= 11 is 3.52. The number of hydrogen-bond donors (Lipinski definition) is 2. The summed E-state index contributed by atoms with van der Waals surface area (Å²) in [5, 5.41) is 10.6. The first-order valence-corrected chi connectivity index (χ1v) is 4.86. The van der Waals surface area contributed by atoms with Crippen LogP contribution in [0.5, 0.6) is 0 Å². The molecule has 0 aliphatic heterocycles. The molecule has 0 heterocycles. The molecule has 0 fully saturated rings. The minimum atomic E-state index is -0.955. The molecule has 1 atom stereocenters. The SMILES string of the molecule is CC(C)(C)C(Br)CCNC(=O)O. The lowest BCUT2D eigenvalue weighted by Gasteiger charge is -2.25. The molecule has 0 aromatic carbocycles. The van der Waals surface area contributed by atoms with E-state index in [2.05, 4.69) is 42.0 Å². The van der Waals surface area contributed by atoms with Crippen LogP contribution in [0, 0.1) is 5.41 Å². The molecule has 0 saturated heterocycles. The van der Waals surface area contributed by atoms with Gasteiger partial charge in [0.1, 0.15) is 0 Å². The number of hydrogen-bond acceptors (Lipinski definition) is 1. The van der Waals surface area contributed by atoms with Gasteiger partial charge >= 0.3 is 6.09 Å². The highest BCUT2D eigenvalue weighted by molar-refractivity contribution is 9.09. The number of carbonyl (C=O) groups is 1. The van der Waals surface area contributed by atoms with Crippen molar-refractivity contribution < 1.29 is 9.90 Å². The average Bonchev–Trinajstić information content (AvgIpc) is 1.84. The van der Waals surface area contributed by atoms with E-state index in [0.717, 1.165) is 6.42 Å². The van der Waals surface area contributed by atoms with Gasteiger partial charge in [-0.05, 0) is 11.8 Å². The van der Waals surface area contributed by atoms with Crippen LogP contribution in [0.2, 0.25) is 0 Å². The van der Waals surface area contributed by atoms with Crippen molar-refractivity contribution in [2.24, 2.45) is 5.41 Å². The summed E-state index contributed by atoms with van der Waals surface area (Å²) in [5.41, 5.74) is 0.181. The van der Waals surface area contributed by atoms with Crippen molar-refractivity contribution in [3.63, 3.8) is 0 Å². The van der Waals surface area contributed by atoms with Gasteiger partial charge in [-0.2, -0.15) is 0 Å². The van der Waals surface area contributed by atoms with Gasteiger partial charge in [0.25, 0.3) is 0 Å². The second kappa shape index (κ2) is 4.70. The molecule has 12 heavy (non-hydrogen) atoms. The third-order valence-electron chi connectivity index (χ3n) is 1.61. The Balaban J connectivity index is 3.58. The summed E-state index contributed by atoms with van der Waals surface area (Å²) < 4.78 is 0. The fourth-order valence-electron chi connectivity index (χ4n) is 0.739. The van der Waals surface area contributed by atoms with Gasteiger partial charge < -0.3 is 10.4 Å². The Kier molecular flexibility index (Phi) is 4.60. The predicted octanol–water partition coefficient (Wildman–Crippen LogP) is 2.45. The third kappa shape index (κ3) is 5.41. The van der Waals surface area contributed by atoms with E-state index < -0.39 is 6.09 Å². The maximum Gasteiger partial charge on any atom is 0.404 e. The van der Waals surface area contributed by atoms with Crippen molar-refractivity contribution in [2.45, 2.75) is 32.0 Å². The van der Waals surface area contributed by atoms with Crippen molar-refractivity contribution in [3.05, 3.63) is 0 Å². The van der Waals surface area contributed by atoms with Gasteiger partial charge in [0.15, 0.2) is 0 Å². The largest absolute Gasteiger partial charge is 0.465 e. The monoisotopic (exact) mass is 237 g/mol. The quantitative estimate of drug-likeness (QED) is 0.742. The molecule has 0 saturated carbocycles. The zero-order chi connectivity index (χ0) is 9.78. The number of rotatable bonds is 3. The molecule has 0 aliphatic rings. The van der Waals surface area contributed by atoms with E-state index in [1.807, 2.05) is 0 Å². The Hall–Kier alpha value is -0.250. The standard InChI is InChI=1S/C8H16BrNO2/c1-8(2,3)6(9)4-5-10-7(11)12/h6,10H,4-5H2,1-3H3,(H,11,12). The Bertz CT molecular complexity index is 154. The molecule has 3 nitrogen and oxygen atoms in total. The van der Waals surface area contributed by atoms with Crippen LogP contribution in [0.1, 0.15) is 27.2 Å². The Morgan fingerprint density at radius 3 is 2.42 bits per heavy atom. The summed E-state index contributed by atoms with van der Waals surface area (Å²) in [6.45, 7) is 6.86. The van der Waals surface area contributed by atoms with Gasteiger partial charge in [-0.1, -0.05) is 36.7 Å². The summed E-state index contributed by atoms with van der Waals surface area (Å²) in [5.74, 6) is 0. The number of halogens is 1. The molecule has 4 heteroatoms. The lowest BCUT2D eigenvalue weighted by Crippen LogP contribution is -2.28. The van der Waals surface area contributed by atoms with Gasteiger partial charge in [0.05, 0.1) is 0 Å². The molecule has 2 N–H and O–H groups in total. The highest BCUT2D eigenvalue weighted by Crippen LogP contribution is 2.27. The smallest absolute Gasteiger partial charge is 0.404 e. The minimum absolute atomic E-state index is 0.181. The zero-order valence-electron chi connectivity index (χ0n) is 7.72. The van der Waals surface area contributed by atoms with E-state index in [1.54, 1.807) is 0 Å². The maximum absolute atomic E-state index is 10.1. The van der Waals surface area contributed by atoms with Crippen LogP contribution in [0.4, 0.5) is 4.79 Å². The molecule has 0 spiro atoms. The second-order valence-corrected chi connectivity index (χ2v) is 4.96. The van der Waals surface area contributed by atoms with Crippen molar-refractivity contribution in [3.8, 4) is 0 Å². The molecule has 0 bridgehead atoms. The van der Waals surface area contributed by atoms with Gasteiger partial charge in [-0.15, -0.1) is 0 Å². The summed E-state index contributed by atoms with van der Waals surface area (Å²) in [7, 11) is 0. The van der Waals surface area contributed by atoms with Crippen LogP contribution >= 0.6 is 15.9 Å². The molecule has 0 aliphatic carbocycles. The van der Waals surface area contributed by atoms with E-state index in [4.69, 9.17) is 5.11 Å². The molecular weight excluding hydrogens is 222 g/mol. The molecule has 1 unspecified atom stereocenters. The Morgan fingerprint density at radius 2 is 2.08 bits per heavy atom. The number of amides is 1. The van der Waals surface area contributed by atoms with Gasteiger partial charge in [-0.3, -0.25) is 0 Å². The Morgan fingerprint density at radius 1 is 1.58 bits per heavy atom. The van der Waals surface area contributed by atoms with Gasteiger partial charge in [-0.25, -0.2) is 4.79 Å². The lowest BCUT2D eigenvalue weighted by molar-refractivity contribution is 0.194. The fraction of sp³-hybridized carbons (Fsp3) is 0.875. The molecule has 0 radical (unpaired) electrons. The lowest BCUT2D eigenvalue weighted by atomic mass is 9.90. The highest BCUT2D eigenvalue weighted by Gasteiger charge is 2.20. The molecular formula is C8H16BrNO2. The number of carboxylic acid groups (broad SMARTS) is 1. The zero-order valence-corrected chi connectivity index (χ0v) is 9.31. The first kappa shape index (κ1) is 11.8. The maximum atomic E-state index is 10.1. The van der Waals surface area contributed by atoms with E-state index >= 15 is 0 Å². The minimum Gasteiger partial charge on any atom is -0.465 e. The molecule has 1 amide bonds. The normalized spacial score (nSPS) is 14.0. The Labute approximate surface area is 81.7 Å². The fourth-order valence-corrected chi connectivity index (χ4v) is 0.968. The molecule has 0 rings (SSSR count). The van der Waals surface area contributed by atoms with Crippen LogP contribution in [0.3, 0.4) is 0 Å². The summed E-state index contributed by atoms with van der Waals surface area (Å²) in [6.07, 6.45) is -0.140. The highest BCUT2D eigenvalue weighted by atomic mass is 79.9.